The van der Waals surface area contributed by atoms with Crippen LogP contribution in [0, 0.1) is 6.92 Å². The first-order chi connectivity index (χ1) is 14.1. The van der Waals surface area contributed by atoms with Crippen molar-refractivity contribution in [3.05, 3.63) is 70.2 Å². The molecule has 0 aliphatic heterocycles. The molecule has 3 N–H and O–H groups in total. The van der Waals surface area contributed by atoms with Crippen LogP contribution in [0.5, 0.6) is 5.75 Å². The highest BCUT2D eigenvalue weighted by molar-refractivity contribution is 7.15. The van der Waals surface area contributed by atoms with Gasteiger partial charge in [-0.05, 0) is 43.3 Å². The van der Waals surface area contributed by atoms with Crippen LogP contribution < -0.4 is 10.5 Å². The molecule has 0 saturated heterocycles. The highest BCUT2D eigenvalue weighted by Gasteiger charge is 2.30. The third kappa shape index (κ3) is 5.15. The molecule has 2 aromatic carbocycles. The van der Waals surface area contributed by atoms with Gasteiger partial charge in [-0.1, -0.05) is 12.1 Å². The molecule has 0 unspecified atom stereocenters. The predicted octanol–water partition coefficient (Wildman–Crippen LogP) is 5.10. The van der Waals surface area contributed by atoms with Crippen molar-refractivity contribution in [2.75, 3.05) is 0 Å². The topological polar surface area (TPSA) is 97.8 Å². The summed E-state index contributed by atoms with van der Waals surface area (Å²) >= 11 is 1.34. The molecule has 0 radical (unpaired) electrons. The minimum Gasteiger partial charge on any atom is -0.488 e. The highest BCUT2D eigenvalue weighted by atomic mass is 32.1. The molecule has 0 bridgehead atoms. The number of aliphatic imine (C=N–C) groups is 1. The fraction of sp³-hybridized carbons (Fsp3) is 0.150. The quantitative estimate of drug-likeness (QED) is 0.429. The Balaban J connectivity index is 1.69. The molecule has 0 spiro atoms. The van der Waals surface area contributed by atoms with Crippen molar-refractivity contribution in [1.29, 1.82) is 0 Å². The largest absolute Gasteiger partial charge is 0.488 e. The standard InChI is InChI=1S/C20H16F3N3O3S/c1-11-16(10-29-15-8-4-12(5-9-15)17(24)26-19(27)28)30-18(25-11)13-2-6-14(7-3-13)20(21,22)23/h2-9H,10H2,1H3,(H2,24,26)(H,27,28). The monoisotopic (exact) mass is 435 g/mol. The Morgan fingerprint density at radius 2 is 1.80 bits per heavy atom. The number of ether oxygens (including phenoxy) is 1. The van der Waals surface area contributed by atoms with Gasteiger partial charge in [-0.15, -0.1) is 11.3 Å². The van der Waals surface area contributed by atoms with E-state index in [-0.39, 0.29) is 12.4 Å². The summed E-state index contributed by atoms with van der Waals surface area (Å²) in [5.74, 6) is 0.416. The number of aryl methyl sites for hydroxylation is 1. The number of carbonyl (C=O) groups is 1. The zero-order chi connectivity index (χ0) is 21.9. The molecule has 1 aromatic heterocycles. The van der Waals surface area contributed by atoms with Crippen molar-refractivity contribution in [2.45, 2.75) is 19.7 Å². The molecule has 0 saturated carbocycles. The summed E-state index contributed by atoms with van der Waals surface area (Å²) in [6.07, 6.45) is -5.76. The summed E-state index contributed by atoms with van der Waals surface area (Å²) < 4.78 is 43.8. The molecule has 0 aliphatic carbocycles. The van der Waals surface area contributed by atoms with Gasteiger partial charge in [-0.3, -0.25) is 0 Å². The number of halogens is 3. The lowest BCUT2D eigenvalue weighted by Crippen LogP contribution is -2.15. The van der Waals surface area contributed by atoms with Crippen LogP contribution in [0.15, 0.2) is 53.5 Å². The van der Waals surface area contributed by atoms with Crippen LogP contribution in [-0.4, -0.2) is 22.0 Å². The second-order valence-corrected chi connectivity index (χ2v) is 7.28. The molecular formula is C20H16F3N3O3S. The molecule has 3 rings (SSSR count). The van der Waals surface area contributed by atoms with Crippen molar-refractivity contribution in [3.8, 4) is 16.3 Å². The molecule has 3 aromatic rings. The maximum Gasteiger partial charge on any atom is 0.433 e. The number of amidine groups is 1. The van der Waals surface area contributed by atoms with E-state index in [1.165, 1.54) is 23.5 Å². The molecule has 156 valence electrons. The number of nitrogens with two attached hydrogens (primary N) is 1. The van der Waals surface area contributed by atoms with Gasteiger partial charge in [-0.2, -0.15) is 18.2 Å². The number of alkyl halides is 3. The first-order valence-electron chi connectivity index (χ1n) is 8.58. The van der Waals surface area contributed by atoms with E-state index >= 15 is 0 Å². The summed E-state index contributed by atoms with van der Waals surface area (Å²) in [6.45, 7) is 2.02. The fourth-order valence-electron chi connectivity index (χ4n) is 2.53. The van der Waals surface area contributed by atoms with E-state index in [0.717, 1.165) is 22.7 Å². The molecule has 0 atom stereocenters. The van der Waals surface area contributed by atoms with Crippen LogP contribution in [-0.2, 0) is 12.8 Å². The summed E-state index contributed by atoms with van der Waals surface area (Å²) in [6, 6.07) is 11.3. The fourth-order valence-corrected chi connectivity index (χ4v) is 3.51. The normalized spacial score (nSPS) is 12.1. The van der Waals surface area contributed by atoms with Gasteiger partial charge < -0.3 is 15.6 Å². The number of hydrogen-bond acceptors (Lipinski definition) is 4. The van der Waals surface area contributed by atoms with E-state index in [2.05, 4.69) is 9.98 Å². The third-order valence-corrected chi connectivity index (χ3v) is 5.27. The van der Waals surface area contributed by atoms with E-state index in [9.17, 15) is 18.0 Å². The third-order valence-electron chi connectivity index (χ3n) is 4.09. The van der Waals surface area contributed by atoms with Gasteiger partial charge in [0.2, 0.25) is 0 Å². The second-order valence-electron chi connectivity index (χ2n) is 6.20. The molecule has 6 nitrogen and oxygen atoms in total. The summed E-state index contributed by atoms with van der Waals surface area (Å²) in [4.78, 5) is 19.0. The van der Waals surface area contributed by atoms with Gasteiger partial charge in [0.15, 0.2) is 0 Å². The number of benzene rings is 2. The average Bonchev–Trinajstić information content (AvgIpc) is 3.06. The zero-order valence-corrected chi connectivity index (χ0v) is 16.4. The molecule has 30 heavy (non-hydrogen) atoms. The maximum atomic E-state index is 12.7. The number of hydrogen-bond donors (Lipinski definition) is 2. The highest BCUT2D eigenvalue weighted by Crippen LogP contribution is 2.33. The number of aromatic nitrogens is 1. The molecule has 0 aliphatic rings. The lowest BCUT2D eigenvalue weighted by atomic mass is 10.1. The Labute approximate surface area is 173 Å². The lowest BCUT2D eigenvalue weighted by Gasteiger charge is -2.06. The summed E-state index contributed by atoms with van der Waals surface area (Å²) in [5.41, 5.74) is 6.64. The van der Waals surface area contributed by atoms with Gasteiger partial charge in [0, 0.05) is 11.1 Å². The Morgan fingerprint density at radius 1 is 1.17 bits per heavy atom. The Hall–Kier alpha value is -3.40. The van der Waals surface area contributed by atoms with Crippen molar-refractivity contribution >= 4 is 23.3 Å². The Bertz CT molecular complexity index is 1080. The van der Waals surface area contributed by atoms with Crippen LogP contribution in [0.2, 0.25) is 0 Å². The SMILES string of the molecule is Cc1nc(-c2ccc(C(F)(F)F)cc2)sc1COc1ccc(/C(N)=N/C(=O)O)cc1. The van der Waals surface area contributed by atoms with Crippen molar-refractivity contribution in [1.82, 2.24) is 4.98 Å². The van der Waals surface area contributed by atoms with Gasteiger partial charge in [0.1, 0.15) is 23.2 Å². The van der Waals surface area contributed by atoms with E-state index in [1.54, 1.807) is 31.2 Å². The number of carboxylic acid groups (broad SMARTS) is 1. The number of nitrogens with zero attached hydrogens (tertiary/aromatic N) is 2. The van der Waals surface area contributed by atoms with Gasteiger partial charge in [-0.25, -0.2) is 9.78 Å². The first-order valence-corrected chi connectivity index (χ1v) is 9.39. The van der Waals surface area contributed by atoms with Crippen LogP contribution in [0.1, 0.15) is 21.7 Å². The smallest absolute Gasteiger partial charge is 0.433 e. The maximum absolute atomic E-state index is 12.7. The van der Waals surface area contributed by atoms with E-state index in [1.807, 2.05) is 0 Å². The zero-order valence-electron chi connectivity index (χ0n) is 15.6. The van der Waals surface area contributed by atoms with Crippen LogP contribution in [0.3, 0.4) is 0 Å². The minimum absolute atomic E-state index is 0.117. The number of rotatable bonds is 5. The molecule has 1 heterocycles. The predicted molar refractivity (Wildman–Crippen MR) is 107 cm³/mol. The Kier molecular flexibility index (Phi) is 6.06. The number of amides is 1. The van der Waals surface area contributed by atoms with E-state index < -0.39 is 17.8 Å². The van der Waals surface area contributed by atoms with Crippen LogP contribution >= 0.6 is 11.3 Å². The molecule has 1 amide bonds. The minimum atomic E-state index is -4.38. The lowest BCUT2D eigenvalue weighted by molar-refractivity contribution is -0.137. The molecule has 0 fully saturated rings. The molecular weight excluding hydrogens is 419 g/mol. The van der Waals surface area contributed by atoms with Gasteiger partial charge in [0.25, 0.3) is 0 Å². The summed E-state index contributed by atoms with van der Waals surface area (Å²) in [5, 5.41) is 9.23. The summed E-state index contributed by atoms with van der Waals surface area (Å²) in [7, 11) is 0. The first kappa shape index (κ1) is 21.3. The van der Waals surface area contributed by atoms with Crippen molar-refractivity contribution in [2.24, 2.45) is 10.7 Å². The Morgan fingerprint density at radius 3 is 2.37 bits per heavy atom. The molecule has 10 heteroatoms. The van der Waals surface area contributed by atoms with Crippen molar-refractivity contribution in [3.63, 3.8) is 0 Å². The van der Waals surface area contributed by atoms with Crippen molar-refractivity contribution < 1.29 is 27.8 Å². The second kappa shape index (κ2) is 8.54. The van der Waals surface area contributed by atoms with Gasteiger partial charge >= 0.3 is 12.3 Å². The van der Waals surface area contributed by atoms with E-state index in [0.29, 0.717) is 21.9 Å². The van der Waals surface area contributed by atoms with E-state index in [4.69, 9.17) is 15.6 Å². The van der Waals surface area contributed by atoms with Crippen LogP contribution in [0.4, 0.5) is 18.0 Å². The van der Waals surface area contributed by atoms with Gasteiger partial charge in [0.05, 0.1) is 16.1 Å². The number of thiazole rings is 1. The van der Waals surface area contributed by atoms with Crippen LogP contribution in [0.25, 0.3) is 10.6 Å². The average molecular weight is 435 g/mol.